The Bertz CT molecular complexity index is 699. The van der Waals surface area contributed by atoms with Crippen LogP contribution in [0.5, 0.6) is 5.75 Å². The van der Waals surface area contributed by atoms with Gasteiger partial charge in [0.2, 0.25) is 0 Å². The summed E-state index contributed by atoms with van der Waals surface area (Å²) in [6, 6.07) is 12.3. The quantitative estimate of drug-likeness (QED) is 0.901. The average Bonchev–Trinajstić information content (AvgIpc) is 3.19. The number of carbonyl (C=O) groups excluding carboxylic acids is 1. The second kappa shape index (κ2) is 7.36. The molecule has 5 heteroatoms. The van der Waals surface area contributed by atoms with Crippen LogP contribution in [0.4, 0.5) is 0 Å². The molecule has 1 aromatic carbocycles. The van der Waals surface area contributed by atoms with Gasteiger partial charge in [-0.2, -0.15) is 0 Å². The molecule has 1 aliphatic heterocycles. The van der Waals surface area contributed by atoms with Crippen LogP contribution >= 0.6 is 11.3 Å². The summed E-state index contributed by atoms with van der Waals surface area (Å²) in [5.41, 5.74) is 6.90. The second-order valence-corrected chi connectivity index (χ2v) is 7.30. The van der Waals surface area contributed by atoms with Crippen molar-refractivity contribution >= 4 is 17.2 Å². The minimum Gasteiger partial charge on any atom is -0.492 e. The maximum atomic E-state index is 13.1. The predicted octanol–water partition coefficient (Wildman–Crippen LogP) is 3.62. The molecule has 2 N–H and O–H groups in total. The third-order valence-electron chi connectivity index (χ3n) is 4.51. The zero-order valence-corrected chi connectivity index (χ0v) is 15.0. The molecule has 2 aromatic rings. The highest BCUT2D eigenvalue weighted by Crippen LogP contribution is 2.38. The molecule has 128 valence electrons. The fourth-order valence-corrected chi connectivity index (χ4v) is 4.32. The van der Waals surface area contributed by atoms with Crippen molar-refractivity contribution in [1.82, 2.24) is 4.90 Å². The molecule has 0 saturated carbocycles. The van der Waals surface area contributed by atoms with Crippen molar-refractivity contribution < 1.29 is 9.53 Å². The van der Waals surface area contributed by atoms with Gasteiger partial charge in [0.15, 0.2) is 0 Å². The van der Waals surface area contributed by atoms with Crippen molar-refractivity contribution in [2.75, 3.05) is 19.7 Å². The Morgan fingerprint density at radius 1 is 1.38 bits per heavy atom. The van der Waals surface area contributed by atoms with Gasteiger partial charge in [0.05, 0.1) is 6.61 Å². The van der Waals surface area contributed by atoms with Gasteiger partial charge in [-0.25, -0.2) is 0 Å². The lowest BCUT2D eigenvalue weighted by Crippen LogP contribution is -2.34. The Morgan fingerprint density at radius 2 is 2.12 bits per heavy atom. The number of rotatable bonds is 5. The van der Waals surface area contributed by atoms with E-state index in [9.17, 15) is 4.79 Å². The van der Waals surface area contributed by atoms with Crippen LogP contribution in [0.1, 0.15) is 29.9 Å². The molecule has 1 amide bonds. The first-order valence-corrected chi connectivity index (χ1v) is 9.28. The number of amides is 1. The van der Waals surface area contributed by atoms with Crippen molar-refractivity contribution in [1.29, 1.82) is 0 Å². The zero-order chi connectivity index (χ0) is 17.1. The molecule has 0 bridgehead atoms. The van der Waals surface area contributed by atoms with E-state index in [1.165, 1.54) is 11.3 Å². The van der Waals surface area contributed by atoms with E-state index in [4.69, 9.17) is 10.5 Å². The summed E-state index contributed by atoms with van der Waals surface area (Å²) in [5.74, 6) is 1.15. The van der Waals surface area contributed by atoms with Gasteiger partial charge in [-0.05, 0) is 44.4 Å². The van der Waals surface area contributed by atoms with Crippen LogP contribution in [-0.4, -0.2) is 36.5 Å². The van der Waals surface area contributed by atoms with Crippen LogP contribution in [0.15, 0.2) is 36.4 Å². The molecule has 1 fully saturated rings. The largest absolute Gasteiger partial charge is 0.492 e. The predicted molar refractivity (Wildman–Crippen MR) is 98.6 cm³/mol. The fourth-order valence-electron chi connectivity index (χ4n) is 3.26. The van der Waals surface area contributed by atoms with E-state index < -0.39 is 0 Å². The molecule has 2 unspecified atom stereocenters. The van der Waals surface area contributed by atoms with E-state index in [2.05, 4.69) is 19.1 Å². The van der Waals surface area contributed by atoms with Crippen LogP contribution in [0.25, 0.3) is 10.4 Å². The maximum absolute atomic E-state index is 13.1. The van der Waals surface area contributed by atoms with E-state index in [1.807, 2.05) is 36.1 Å². The monoisotopic (exact) mass is 344 g/mol. The van der Waals surface area contributed by atoms with Gasteiger partial charge >= 0.3 is 0 Å². The number of thiophene rings is 1. The van der Waals surface area contributed by atoms with Gasteiger partial charge in [0, 0.05) is 17.5 Å². The third kappa shape index (κ3) is 3.32. The van der Waals surface area contributed by atoms with E-state index in [-0.39, 0.29) is 11.9 Å². The summed E-state index contributed by atoms with van der Waals surface area (Å²) in [6.45, 7) is 5.95. The van der Waals surface area contributed by atoms with Gasteiger partial charge in [-0.15, -0.1) is 11.3 Å². The van der Waals surface area contributed by atoms with Crippen molar-refractivity contribution in [3.63, 3.8) is 0 Å². The number of hydrogen-bond donors (Lipinski definition) is 1. The molecule has 2 heterocycles. The van der Waals surface area contributed by atoms with E-state index >= 15 is 0 Å². The van der Waals surface area contributed by atoms with Crippen molar-refractivity contribution in [3.8, 4) is 16.2 Å². The topological polar surface area (TPSA) is 55.6 Å². The summed E-state index contributed by atoms with van der Waals surface area (Å²) in [5, 5.41) is 0. The number of ether oxygens (including phenoxy) is 1. The Morgan fingerprint density at radius 3 is 2.75 bits per heavy atom. The lowest BCUT2D eigenvalue weighted by molar-refractivity contribution is 0.0744. The smallest absolute Gasteiger partial charge is 0.268 e. The molecule has 1 aliphatic rings. The Balaban J connectivity index is 1.91. The number of likely N-dealkylation sites (tertiary alicyclic amines) is 1. The fraction of sp³-hybridized carbons (Fsp3) is 0.421. The van der Waals surface area contributed by atoms with Gasteiger partial charge < -0.3 is 15.4 Å². The zero-order valence-electron chi connectivity index (χ0n) is 14.2. The summed E-state index contributed by atoms with van der Waals surface area (Å²) in [6.07, 6.45) is 0.975. The number of nitrogens with two attached hydrogens (primary N) is 1. The van der Waals surface area contributed by atoms with Crippen LogP contribution in [0.3, 0.4) is 0 Å². The lowest BCUT2D eigenvalue weighted by atomic mass is 10.1. The van der Waals surface area contributed by atoms with Gasteiger partial charge in [-0.1, -0.05) is 30.3 Å². The van der Waals surface area contributed by atoms with Crippen molar-refractivity contribution in [2.45, 2.75) is 26.3 Å². The Hall–Kier alpha value is -1.85. The number of hydrogen-bond acceptors (Lipinski definition) is 4. The SMILES string of the molecule is CCOc1cc(-c2ccccc2)sc1C(=O)N1CC(CN)CC1C. The molecular formula is C19H24N2O2S. The highest BCUT2D eigenvalue weighted by Gasteiger charge is 2.34. The molecule has 0 spiro atoms. The highest BCUT2D eigenvalue weighted by molar-refractivity contribution is 7.17. The van der Waals surface area contributed by atoms with Crippen LogP contribution in [0, 0.1) is 5.92 Å². The summed E-state index contributed by atoms with van der Waals surface area (Å²) in [7, 11) is 0. The molecule has 24 heavy (non-hydrogen) atoms. The molecule has 1 saturated heterocycles. The molecule has 0 aliphatic carbocycles. The maximum Gasteiger partial charge on any atom is 0.268 e. The van der Waals surface area contributed by atoms with Gasteiger partial charge in [0.25, 0.3) is 5.91 Å². The molecule has 1 aromatic heterocycles. The van der Waals surface area contributed by atoms with E-state index in [0.717, 1.165) is 23.4 Å². The highest BCUT2D eigenvalue weighted by atomic mass is 32.1. The third-order valence-corrected chi connectivity index (χ3v) is 5.66. The number of benzene rings is 1. The van der Waals surface area contributed by atoms with E-state index in [1.54, 1.807) is 0 Å². The summed E-state index contributed by atoms with van der Waals surface area (Å²) >= 11 is 1.51. The van der Waals surface area contributed by atoms with Crippen LogP contribution in [0.2, 0.25) is 0 Å². The standard InChI is InChI=1S/C19H24N2O2S/c1-3-23-16-10-17(15-7-5-4-6-8-15)24-18(16)19(22)21-12-14(11-20)9-13(21)2/h4-8,10,13-14H,3,9,11-12,20H2,1-2H3. The first-order chi connectivity index (χ1) is 11.6. The molecule has 0 radical (unpaired) electrons. The molecule has 3 rings (SSSR count). The van der Waals surface area contributed by atoms with Crippen molar-refractivity contribution in [2.24, 2.45) is 11.7 Å². The Kier molecular flexibility index (Phi) is 5.21. The van der Waals surface area contributed by atoms with Crippen LogP contribution in [-0.2, 0) is 0 Å². The second-order valence-electron chi connectivity index (χ2n) is 6.25. The minimum atomic E-state index is 0.0640. The van der Waals surface area contributed by atoms with Crippen molar-refractivity contribution in [3.05, 3.63) is 41.3 Å². The lowest BCUT2D eigenvalue weighted by Gasteiger charge is -2.21. The number of carbonyl (C=O) groups is 1. The summed E-state index contributed by atoms with van der Waals surface area (Å²) < 4.78 is 5.75. The molecule has 2 atom stereocenters. The normalized spacial score (nSPS) is 20.4. The first kappa shape index (κ1) is 17.0. The van der Waals surface area contributed by atoms with Crippen LogP contribution < -0.4 is 10.5 Å². The Labute approximate surface area is 147 Å². The van der Waals surface area contributed by atoms with Gasteiger partial charge in [-0.3, -0.25) is 4.79 Å². The van der Waals surface area contributed by atoms with E-state index in [0.29, 0.717) is 29.7 Å². The average molecular weight is 344 g/mol. The van der Waals surface area contributed by atoms with Gasteiger partial charge in [0.1, 0.15) is 10.6 Å². The molecular weight excluding hydrogens is 320 g/mol. The first-order valence-electron chi connectivity index (χ1n) is 8.47. The summed E-state index contributed by atoms with van der Waals surface area (Å²) in [4.78, 5) is 16.8. The number of nitrogens with zero attached hydrogens (tertiary/aromatic N) is 1. The molecule has 4 nitrogen and oxygen atoms in total. The minimum absolute atomic E-state index is 0.0640.